The molecule has 1 aliphatic heterocycles. The number of hydrogen-bond acceptors (Lipinski definition) is 7. The molecule has 218 valence electrons. The SMILES string of the molecule is CC[C@@H]1C[C@@H](S(=O)(=O)c2cc(C(=O)Nc3ccc(F)c(F)c3)ccc2Cl)C[C@H](C)[C@@]1(O)C(O)CN1CCOC1=O. The quantitative estimate of drug-likeness (QED) is 0.417. The van der Waals surface area contributed by atoms with E-state index < -0.39 is 62.3 Å². The lowest BCUT2D eigenvalue weighted by Gasteiger charge is -2.50. The number of halogens is 3. The van der Waals surface area contributed by atoms with Crippen LogP contribution in [0.5, 0.6) is 0 Å². The molecule has 2 aromatic rings. The van der Waals surface area contributed by atoms with Crippen LogP contribution in [0.25, 0.3) is 0 Å². The van der Waals surface area contributed by atoms with E-state index in [2.05, 4.69) is 5.32 Å². The minimum atomic E-state index is -4.12. The van der Waals surface area contributed by atoms with E-state index in [9.17, 15) is 37.0 Å². The van der Waals surface area contributed by atoms with Crippen molar-refractivity contribution >= 4 is 39.1 Å². The van der Waals surface area contributed by atoms with Gasteiger partial charge in [0.1, 0.15) is 12.7 Å². The molecule has 40 heavy (non-hydrogen) atoms. The number of cyclic esters (lactones) is 1. The molecule has 4 rings (SSSR count). The van der Waals surface area contributed by atoms with E-state index in [4.69, 9.17) is 16.3 Å². The molecule has 1 aliphatic carbocycles. The Morgan fingerprint density at radius 1 is 1.23 bits per heavy atom. The zero-order chi connectivity index (χ0) is 29.4. The fourth-order valence-corrected chi connectivity index (χ4v) is 8.16. The first-order valence-corrected chi connectivity index (χ1v) is 14.8. The Balaban J connectivity index is 1.56. The predicted octanol–water partition coefficient (Wildman–Crippen LogP) is 4.01. The van der Waals surface area contributed by atoms with E-state index in [0.717, 1.165) is 18.2 Å². The minimum absolute atomic E-state index is 0.00154. The van der Waals surface area contributed by atoms with Gasteiger partial charge < -0.3 is 25.2 Å². The molecule has 0 aromatic heterocycles. The molecule has 3 N–H and O–H groups in total. The third-order valence-corrected chi connectivity index (χ3v) is 10.6. The van der Waals surface area contributed by atoms with Crippen LogP contribution in [0.2, 0.25) is 5.02 Å². The van der Waals surface area contributed by atoms with E-state index in [1.807, 2.05) is 0 Å². The summed E-state index contributed by atoms with van der Waals surface area (Å²) in [6, 6.07) is 6.54. The standard InChI is InChI=1S/C27H31ClF2N2O7S/c1-3-17-12-19(10-15(2)27(17,36)24(33)14-32-8-9-39-26(32)35)40(37,38)23-11-16(4-6-20(23)28)25(34)31-18-5-7-21(29)22(30)13-18/h4-7,11,13,15,17,19,24,33,36H,3,8-10,12,14H2,1-2H3,(H,31,34)/t15-,17+,19-,24?,27-/m0/s1. The third kappa shape index (κ3) is 5.67. The largest absolute Gasteiger partial charge is 0.448 e. The number of aliphatic hydroxyl groups is 2. The Morgan fingerprint density at radius 3 is 2.58 bits per heavy atom. The summed E-state index contributed by atoms with van der Waals surface area (Å²) < 4.78 is 59.3. The summed E-state index contributed by atoms with van der Waals surface area (Å²) in [5.41, 5.74) is -1.73. The second-order valence-electron chi connectivity index (χ2n) is 10.3. The van der Waals surface area contributed by atoms with E-state index in [-0.39, 0.29) is 53.7 Å². The van der Waals surface area contributed by atoms with E-state index in [1.54, 1.807) is 13.8 Å². The van der Waals surface area contributed by atoms with Crippen molar-refractivity contribution < 1.29 is 41.7 Å². The lowest BCUT2D eigenvalue weighted by molar-refractivity contribution is -0.166. The van der Waals surface area contributed by atoms with Gasteiger partial charge in [-0.05, 0) is 55.0 Å². The number of nitrogens with zero attached hydrogens (tertiary/aromatic N) is 1. The molecule has 0 radical (unpaired) electrons. The number of amides is 2. The predicted molar refractivity (Wildman–Crippen MR) is 143 cm³/mol. The zero-order valence-electron chi connectivity index (χ0n) is 21.9. The first-order valence-electron chi connectivity index (χ1n) is 12.9. The van der Waals surface area contributed by atoms with Gasteiger partial charge in [-0.1, -0.05) is 31.9 Å². The summed E-state index contributed by atoms with van der Waals surface area (Å²) in [5, 5.41) is 24.0. The Hall–Kier alpha value is -2.80. The summed E-state index contributed by atoms with van der Waals surface area (Å²) in [6.45, 7) is 3.77. The summed E-state index contributed by atoms with van der Waals surface area (Å²) in [4.78, 5) is 25.7. The second kappa shape index (κ2) is 11.6. The highest BCUT2D eigenvalue weighted by Crippen LogP contribution is 2.46. The van der Waals surface area contributed by atoms with Crippen LogP contribution in [-0.4, -0.2) is 72.2 Å². The molecule has 13 heteroatoms. The van der Waals surface area contributed by atoms with Crippen LogP contribution in [0, 0.1) is 23.5 Å². The van der Waals surface area contributed by atoms with Gasteiger partial charge in [-0.3, -0.25) is 4.79 Å². The van der Waals surface area contributed by atoms with Crippen molar-refractivity contribution in [3.63, 3.8) is 0 Å². The van der Waals surface area contributed by atoms with Gasteiger partial charge in [0.25, 0.3) is 5.91 Å². The van der Waals surface area contributed by atoms with Gasteiger partial charge in [-0.2, -0.15) is 0 Å². The number of carbonyl (C=O) groups excluding carboxylic acids is 2. The zero-order valence-corrected chi connectivity index (χ0v) is 23.5. The molecule has 2 fully saturated rings. The average molecular weight is 601 g/mol. The molecule has 2 amide bonds. The number of nitrogens with one attached hydrogen (secondary N) is 1. The lowest BCUT2D eigenvalue weighted by atomic mass is 9.65. The molecular formula is C27H31ClF2N2O7S. The number of anilines is 1. The molecule has 0 bridgehead atoms. The number of aliphatic hydroxyl groups excluding tert-OH is 1. The van der Waals surface area contributed by atoms with Crippen molar-refractivity contribution in [3.8, 4) is 0 Å². The molecule has 1 saturated heterocycles. The summed E-state index contributed by atoms with van der Waals surface area (Å²) >= 11 is 6.28. The highest BCUT2D eigenvalue weighted by Gasteiger charge is 2.54. The van der Waals surface area contributed by atoms with Crippen molar-refractivity contribution in [2.45, 2.75) is 55.0 Å². The highest BCUT2D eigenvalue weighted by molar-refractivity contribution is 7.92. The smallest absolute Gasteiger partial charge is 0.410 e. The molecule has 0 spiro atoms. The van der Waals surface area contributed by atoms with Crippen LogP contribution in [-0.2, 0) is 14.6 Å². The Bertz CT molecular complexity index is 1410. The number of carbonyl (C=O) groups is 2. The first-order chi connectivity index (χ1) is 18.8. The van der Waals surface area contributed by atoms with E-state index in [0.29, 0.717) is 6.42 Å². The van der Waals surface area contributed by atoms with Crippen molar-refractivity contribution in [1.29, 1.82) is 0 Å². The fraction of sp³-hybridized carbons (Fsp3) is 0.481. The number of hydrogen-bond donors (Lipinski definition) is 3. The maximum Gasteiger partial charge on any atom is 0.410 e. The lowest BCUT2D eigenvalue weighted by Crippen LogP contribution is -2.61. The van der Waals surface area contributed by atoms with Crippen molar-refractivity contribution in [1.82, 2.24) is 4.90 Å². The Kier molecular flexibility index (Phi) is 8.74. The summed E-state index contributed by atoms with van der Waals surface area (Å²) in [6.07, 6.45) is -1.53. The topological polar surface area (TPSA) is 133 Å². The van der Waals surface area contributed by atoms with Gasteiger partial charge in [0, 0.05) is 17.3 Å². The molecule has 2 aliphatic rings. The number of benzene rings is 2. The molecule has 9 nitrogen and oxygen atoms in total. The van der Waals surface area contributed by atoms with Crippen LogP contribution < -0.4 is 5.32 Å². The highest BCUT2D eigenvalue weighted by atomic mass is 35.5. The van der Waals surface area contributed by atoms with Gasteiger partial charge in [-0.25, -0.2) is 22.0 Å². The summed E-state index contributed by atoms with van der Waals surface area (Å²) in [5.74, 6) is -4.27. The van der Waals surface area contributed by atoms with Crippen LogP contribution in [0.4, 0.5) is 19.3 Å². The minimum Gasteiger partial charge on any atom is -0.448 e. The third-order valence-electron chi connectivity index (χ3n) is 7.99. The molecule has 2 aromatic carbocycles. The second-order valence-corrected chi connectivity index (χ2v) is 12.9. The van der Waals surface area contributed by atoms with Crippen LogP contribution in [0.1, 0.15) is 43.5 Å². The number of rotatable bonds is 8. The van der Waals surface area contributed by atoms with Gasteiger partial charge in [0.05, 0.1) is 33.9 Å². The van der Waals surface area contributed by atoms with Crippen LogP contribution in [0.15, 0.2) is 41.3 Å². The van der Waals surface area contributed by atoms with Crippen molar-refractivity contribution in [2.24, 2.45) is 11.8 Å². The van der Waals surface area contributed by atoms with Gasteiger partial charge in [-0.15, -0.1) is 0 Å². The van der Waals surface area contributed by atoms with E-state index >= 15 is 0 Å². The van der Waals surface area contributed by atoms with Crippen LogP contribution in [0.3, 0.4) is 0 Å². The Labute approximate surface area is 236 Å². The fourth-order valence-electron chi connectivity index (χ4n) is 5.70. The number of β-amino-alcohol motifs (C(OH)–C–C–N with tert-alkyl or cyclic N) is 1. The molecule has 5 atom stereocenters. The number of sulfone groups is 1. The molecule has 1 heterocycles. The summed E-state index contributed by atoms with van der Waals surface area (Å²) in [7, 11) is -4.12. The average Bonchev–Trinajstić information content (AvgIpc) is 3.31. The van der Waals surface area contributed by atoms with Gasteiger partial charge in [0.2, 0.25) is 0 Å². The Morgan fingerprint density at radius 2 is 1.95 bits per heavy atom. The molecule has 1 saturated carbocycles. The maximum absolute atomic E-state index is 13.8. The van der Waals surface area contributed by atoms with E-state index in [1.165, 1.54) is 23.1 Å². The van der Waals surface area contributed by atoms with Crippen molar-refractivity contribution in [3.05, 3.63) is 58.6 Å². The van der Waals surface area contributed by atoms with Gasteiger partial charge >= 0.3 is 6.09 Å². The molecular weight excluding hydrogens is 570 g/mol. The molecule has 1 unspecified atom stereocenters. The number of ether oxygens (including phenoxy) is 1. The normalized spacial score (nSPS) is 25.9. The van der Waals surface area contributed by atoms with Crippen molar-refractivity contribution in [2.75, 3.05) is 25.0 Å². The van der Waals surface area contributed by atoms with Crippen LogP contribution >= 0.6 is 11.6 Å². The monoisotopic (exact) mass is 600 g/mol. The van der Waals surface area contributed by atoms with Gasteiger partial charge in [0.15, 0.2) is 21.5 Å². The maximum atomic E-state index is 13.8. The first kappa shape index (κ1) is 30.2.